The van der Waals surface area contributed by atoms with E-state index in [9.17, 15) is 14.4 Å². The summed E-state index contributed by atoms with van der Waals surface area (Å²) in [5, 5.41) is 1.75. The van der Waals surface area contributed by atoms with Crippen molar-refractivity contribution in [2.75, 3.05) is 14.2 Å². The molecule has 3 aromatic heterocycles. The summed E-state index contributed by atoms with van der Waals surface area (Å²) >= 11 is 0. The highest BCUT2D eigenvalue weighted by Gasteiger charge is 2.19. The molecule has 0 N–H and O–H groups in total. The van der Waals surface area contributed by atoms with Crippen LogP contribution in [0.15, 0.2) is 95.6 Å². The van der Waals surface area contributed by atoms with E-state index < -0.39 is 17.2 Å². The van der Waals surface area contributed by atoms with Gasteiger partial charge in [0.1, 0.15) is 11.3 Å². The number of rotatable bonds is 5. The number of esters is 1. The molecule has 0 atom stereocenters. The lowest BCUT2D eigenvalue weighted by Crippen LogP contribution is -2.08. The number of para-hydroxylation sites is 2. The van der Waals surface area contributed by atoms with E-state index in [4.69, 9.17) is 27.5 Å². The summed E-state index contributed by atoms with van der Waals surface area (Å²) in [5.41, 5.74) is -0.0117. The fraction of sp³-hybridized carbons (Fsp3) is 0.0690. The van der Waals surface area contributed by atoms with E-state index in [-0.39, 0.29) is 22.7 Å². The molecule has 3 heterocycles. The Morgan fingerprint density at radius 1 is 0.711 bits per heavy atom. The maximum atomic E-state index is 12.9. The molecule has 0 fully saturated rings. The minimum atomic E-state index is -0.745. The van der Waals surface area contributed by atoms with Gasteiger partial charge in [-0.2, -0.15) is 0 Å². The van der Waals surface area contributed by atoms with Crippen molar-refractivity contribution in [2.45, 2.75) is 0 Å². The summed E-state index contributed by atoms with van der Waals surface area (Å²) in [6, 6.07) is 19.4. The van der Waals surface area contributed by atoms with Gasteiger partial charge in [-0.05, 0) is 36.4 Å². The van der Waals surface area contributed by atoms with Crippen LogP contribution in [0.2, 0.25) is 0 Å². The first-order valence-corrected chi connectivity index (χ1v) is 11.4. The van der Waals surface area contributed by atoms with Gasteiger partial charge in [-0.25, -0.2) is 14.4 Å². The number of benzene rings is 3. The topological polar surface area (TPSA) is 118 Å². The summed E-state index contributed by atoms with van der Waals surface area (Å²) in [7, 11) is 2.99. The second kappa shape index (κ2) is 8.97. The van der Waals surface area contributed by atoms with Gasteiger partial charge >= 0.3 is 17.2 Å². The van der Waals surface area contributed by atoms with Crippen LogP contribution >= 0.6 is 0 Å². The quantitative estimate of drug-likeness (QED) is 0.167. The van der Waals surface area contributed by atoms with E-state index in [1.807, 2.05) is 0 Å². The first kappa shape index (κ1) is 23.1. The highest BCUT2D eigenvalue weighted by Crippen LogP contribution is 2.33. The molecule has 0 radical (unpaired) electrons. The molecule has 0 aliphatic rings. The summed E-state index contributed by atoms with van der Waals surface area (Å²) in [5.74, 6) is 0.246. The van der Waals surface area contributed by atoms with Crippen LogP contribution in [-0.4, -0.2) is 20.2 Å². The predicted octanol–water partition coefficient (Wildman–Crippen LogP) is 5.55. The molecule has 0 aliphatic carbocycles. The first-order valence-electron chi connectivity index (χ1n) is 11.4. The zero-order chi connectivity index (χ0) is 26.4. The average Bonchev–Trinajstić information content (AvgIpc) is 3.37. The molecule has 0 saturated carbocycles. The highest BCUT2D eigenvalue weighted by atomic mass is 16.5. The van der Waals surface area contributed by atoms with Crippen molar-refractivity contribution in [3.8, 4) is 28.4 Å². The lowest BCUT2D eigenvalue weighted by molar-refractivity contribution is 0.0704. The van der Waals surface area contributed by atoms with Gasteiger partial charge in [0, 0.05) is 33.9 Å². The van der Waals surface area contributed by atoms with Gasteiger partial charge in [0.2, 0.25) is 5.76 Å². The van der Waals surface area contributed by atoms with Gasteiger partial charge in [0.15, 0.2) is 22.7 Å². The Morgan fingerprint density at radius 2 is 1.39 bits per heavy atom. The Balaban J connectivity index is 1.39. The standard InChI is InChI=1S/C29H18O9/c1-33-21-7-4-6-16-12-24(37-26(16)21)29(32)35-17-9-10-18-19(14-25(30)36-23(18)13-17)20-11-15-5-3-8-22(34-2)27(15)38-28(20)31/h3-14H,1-2H3. The Morgan fingerprint density at radius 3 is 2.11 bits per heavy atom. The molecule has 0 saturated heterocycles. The van der Waals surface area contributed by atoms with Crippen molar-refractivity contribution in [2.24, 2.45) is 0 Å². The molecule has 9 nitrogen and oxygen atoms in total. The van der Waals surface area contributed by atoms with Crippen LogP contribution in [-0.2, 0) is 0 Å². The fourth-order valence-electron chi connectivity index (χ4n) is 4.35. The van der Waals surface area contributed by atoms with Gasteiger partial charge in [-0.3, -0.25) is 0 Å². The van der Waals surface area contributed by atoms with Crippen LogP contribution in [0.5, 0.6) is 17.2 Å². The van der Waals surface area contributed by atoms with E-state index in [1.165, 1.54) is 32.4 Å². The van der Waals surface area contributed by atoms with E-state index in [0.717, 1.165) is 0 Å². The number of methoxy groups -OCH3 is 2. The zero-order valence-electron chi connectivity index (χ0n) is 20.1. The number of hydrogen-bond acceptors (Lipinski definition) is 9. The summed E-state index contributed by atoms with van der Waals surface area (Å²) in [6.45, 7) is 0. The number of hydrogen-bond donors (Lipinski definition) is 0. The zero-order valence-corrected chi connectivity index (χ0v) is 20.1. The van der Waals surface area contributed by atoms with Crippen molar-refractivity contribution in [1.82, 2.24) is 0 Å². The number of ether oxygens (including phenoxy) is 3. The van der Waals surface area contributed by atoms with Crippen molar-refractivity contribution in [3.05, 3.63) is 99.4 Å². The highest BCUT2D eigenvalue weighted by molar-refractivity contribution is 5.98. The summed E-state index contributed by atoms with van der Waals surface area (Å²) in [6.07, 6.45) is 0. The van der Waals surface area contributed by atoms with Crippen molar-refractivity contribution in [1.29, 1.82) is 0 Å². The molecular formula is C29H18O9. The van der Waals surface area contributed by atoms with Gasteiger partial charge in [0.25, 0.3) is 0 Å². The summed E-state index contributed by atoms with van der Waals surface area (Å²) in [4.78, 5) is 38.1. The molecule has 9 heteroatoms. The molecule has 3 aromatic carbocycles. The molecule has 0 amide bonds. The van der Waals surface area contributed by atoms with Crippen molar-refractivity contribution >= 4 is 38.9 Å². The maximum Gasteiger partial charge on any atom is 0.379 e. The van der Waals surface area contributed by atoms with Gasteiger partial charge < -0.3 is 27.5 Å². The minimum absolute atomic E-state index is 0.0241. The molecule has 0 aliphatic heterocycles. The lowest BCUT2D eigenvalue weighted by Gasteiger charge is -2.09. The molecule has 6 aromatic rings. The van der Waals surface area contributed by atoms with Crippen LogP contribution in [0.4, 0.5) is 0 Å². The van der Waals surface area contributed by atoms with Crippen molar-refractivity contribution < 1.29 is 32.3 Å². The number of carbonyl (C=O) groups is 1. The molecule has 0 bridgehead atoms. The monoisotopic (exact) mass is 510 g/mol. The third-order valence-corrected chi connectivity index (χ3v) is 6.09. The van der Waals surface area contributed by atoms with Crippen LogP contribution in [0.3, 0.4) is 0 Å². The van der Waals surface area contributed by atoms with Gasteiger partial charge in [0.05, 0.1) is 19.8 Å². The fourth-order valence-corrected chi connectivity index (χ4v) is 4.35. The molecule has 188 valence electrons. The molecule has 0 unspecified atom stereocenters. The Kier molecular flexibility index (Phi) is 5.45. The smallest absolute Gasteiger partial charge is 0.379 e. The number of carbonyl (C=O) groups excluding carboxylic acids is 1. The van der Waals surface area contributed by atoms with Crippen LogP contribution in [0, 0.1) is 0 Å². The largest absolute Gasteiger partial charge is 0.493 e. The molecular weight excluding hydrogens is 492 g/mol. The molecule has 0 spiro atoms. The van der Waals surface area contributed by atoms with Gasteiger partial charge in [-0.15, -0.1) is 0 Å². The van der Waals surface area contributed by atoms with Crippen LogP contribution in [0.1, 0.15) is 10.6 Å². The van der Waals surface area contributed by atoms with Crippen LogP contribution in [0.25, 0.3) is 44.0 Å². The Labute approximate surface area is 213 Å². The predicted molar refractivity (Wildman–Crippen MR) is 138 cm³/mol. The van der Waals surface area contributed by atoms with E-state index in [2.05, 4.69) is 0 Å². The number of fused-ring (bicyclic) bond motifs is 3. The second-order valence-corrected chi connectivity index (χ2v) is 8.34. The normalized spacial score (nSPS) is 11.2. The van der Waals surface area contributed by atoms with E-state index in [1.54, 1.807) is 54.6 Å². The maximum absolute atomic E-state index is 12.9. The summed E-state index contributed by atoms with van der Waals surface area (Å²) < 4.78 is 32.5. The minimum Gasteiger partial charge on any atom is -0.493 e. The first-order chi connectivity index (χ1) is 18.4. The molecule has 6 rings (SSSR count). The Hall–Kier alpha value is -5.31. The molecule has 38 heavy (non-hydrogen) atoms. The number of furan rings is 1. The second-order valence-electron chi connectivity index (χ2n) is 8.34. The van der Waals surface area contributed by atoms with Crippen LogP contribution < -0.4 is 25.5 Å². The average molecular weight is 510 g/mol. The van der Waals surface area contributed by atoms with E-state index >= 15 is 0 Å². The van der Waals surface area contributed by atoms with E-state index in [0.29, 0.717) is 44.4 Å². The lowest BCUT2D eigenvalue weighted by atomic mass is 10.0. The SMILES string of the molecule is COc1cccc2cc(C(=O)Oc3ccc4c(-c5cc6cccc(OC)c6oc5=O)cc(=O)oc4c3)oc12. The van der Waals surface area contributed by atoms with Gasteiger partial charge in [-0.1, -0.05) is 24.3 Å². The third-order valence-electron chi connectivity index (χ3n) is 6.09. The third kappa shape index (κ3) is 3.86. The Bertz CT molecular complexity index is 1990. The van der Waals surface area contributed by atoms with Crippen molar-refractivity contribution in [3.63, 3.8) is 0 Å².